The monoisotopic (exact) mass is 173 g/mol. The van der Waals surface area contributed by atoms with E-state index in [0.717, 1.165) is 0 Å². The van der Waals surface area contributed by atoms with E-state index in [4.69, 9.17) is 5.53 Å². The maximum absolute atomic E-state index is 13.2. The third-order valence-corrected chi connectivity index (χ3v) is 3.32. The van der Waals surface area contributed by atoms with Crippen molar-refractivity contribution in [3.05, 3.63) is 10.4 Å². The Labute approximate surface area is 68.4 Å². The first-order valence-corrected chi connectivity index (χ1v) is 3.86. The van der Waals surface area contributed by atoms with Crippen molar-refractivity contribution in [1.82, 2.24) is 0 Å². The van der Waals surface area contributed by atoms with Gasteiger partial charge in [-0.25, -0.2) is 8.78 Å². The van der Waals surface area contributed by atoms with Crippen molar-refractivity contribution in [3.63, 3.8) is 0 Å². The summed E-state index contributed by atoms with van der Waals surface area (Å²) in [7, 11) is 0. The molecule has 0 aliphatic heterocycles. The molecule has 0 amide bonds. The molecule has 0 saturated heterocycles. The number of azide groups is 1. The van der Waals surface area contributed by atoms with Crippen LogP contribution in [0.1, 0.15) is 19.8 Å². The van der Waals surface area contributed by atoms with Gasteiger partial charge in [-0.15, -0.1) is 0 Å². The summed E-state index contributed by atoms with van der Waals surface area (Å²) < 4.78 is 26.3. The van der Waals surface area contributed by atoms with Gasteiger partial charge < -0.3 is 0 Å². The van der Waals surface area contributed by atoms with Crippen LogP contribution in [0.5, 0.6) is 0 Å². The van der Waals surface area contributed by atoms with Gasteiger partial charge in [0.25, 0.3) is 5.92 Å². The topological polar surface area (TPSA) is 48.8 Å². The van der Waals surface area contributed by atoms with E-state index in [1.54, 1.807) is 6.92 Å². The minimum atomic E-state index is -2.60. The highest BCUT2D eigenvalue weighted by Crippen LogP contribution is 2.81. The van der Waals surface area contributed by atoms with Crippen LogP contribution >= 0.6 is 0 Å². The Morgan fingerprint density at radius 2 is 2.08 bits per heavy atom. The number of alkyl halides is 2. The van der Waals surface area contributed by atoms with Crippen LogP contribution in [0.2, 0.25) is 0 Å². The Kier molecular flexibility index (Phi) is 1.13. The van der Waals surface area contributed by atoms with E-state index in [0.29, 0.717) is 12.8 Å². The fourth-order valence-corrected chi connectivity index (χ4v) is 2.69. The van der Waals surface area contributed by atoms with Crippen molar-refractivity contribution in [2.45, 2.75) is 25.7 Å². The van der Waals surface area contributed by atoms with Crippen LogP contribution in [0.25, 0.3) is 10.4 Å². The molecule has 0 unspecified atom stereocenters. The Morgan fingerprint density at radius 1 is 1.50 bits per heavy atom. The molecule has 0 spiro atoms. The maximum Gasteiger partial charge on any atom is 0.259 e. The highest BCUT2D eigenvalue weighted by molar-refractivity contribution is 5.27. The molecule has 5 heteroatoms. The van der Waals surface area contributed by atoms with E-state index in [1.165, 1.54) is 0 Å². The van der Waals surface area contributed by atoms with E-state index in [9.17, 15) is 8.78 Å². The average molecular weight is 173 g/mol. The predicted molar refractivity (Wildman–Crippen MR) is 38.7 cm³/mol. The van der Waals surface area contributed by atoms with E-state index in [-0.39, 0.29) is 6.54 Å². The van der Waals surface area contributed by atoms with Crippen LogP contribution in [-0.4, -0.2) is 12.5 Å². The molecule has 66 valence electrons. The standard InChI is InChI=1S/C7H9F2N3/c1-5-2-6(3-5,4-11-12-10)7(5,8)9/h2-4H2,1H3. The molecule has 0 aromatic carbocycles. The predicted octanol–water partition coefficient (Wildman–Crippen LogP) is 2.73. The molecule has 3 fully saturated rings. The zero-order chi connectivity index (χ0) is 9.04. The molecule has 0 aromatic heterocycles. The van der Waals surface area contributed by atoms with E-state index in [2.05, 4.69) is 10.0 Å². The van der Waals surface area contributed by atoms with Gasteiger partial charge in [-0.05, 0) is 18.4 Å². The molecule has 3 nitrogen and oxygen atoms in total. The summed E-state index contributed by atoms with van der Waals surface area (Å²) >= 11 is 0. The van der Waals surface area contributed by atoms with E-state index in [1.807, 2.05) is 0 Å². The highest BCUT2D eigenvalue weighted by atomic mass is 19.3. The summed E-state index contributed by atoms with van der Waals surface area (Å²) in [6.07, 6.45) is 1.01. The van der Waals surface area contributed by atoms with Crippen molar-refractivity contribution < 1.29 is 8.78 Å². The third-order valence-electron chi connectivity index (χ3n) is 3.32. The lowest BCUT2D eigenvalue weighted by Gasteiger charge is -2.74. The van der Waals surface area contributed by atoms with Crippen molar-refractivity contribution in [3.8, 4) is 0 Å². The summed E-state index contributed by atoms with van der Waals surface area (Å²) in [4.78, 5) is 2.51. The first-order chi connectivity index (χ1) is 5.47. The smallest absolute Gasteiger partial charge is 0.206 e. The Balaban J connectivity index is 2.14. The minimum Gasteiger partial charge on any atom is -0.206 e. The molecule has 3 rings (SSSR count). The summed E-state index contributed by atoms with van der Waals surface area (Å²) in [5.41, 5.74) is 6.24. The SMILES string of the molecule is CC12CC(CN=[N+]=[N-])(C1)C2(F)F. The summed E-state index contributed by atoms with van der Waals surface area (Å²) in [5, 5.41) is 3.23. The van der Waals surface area contributed by atoms with Gasteiger partial charge in [0.15, 0.2) is 0 Å². The van der Waals surface area contributed by atoms with Crippen LogP contribution in [-0.2, 0) is 0 Å². The molecule has 0 heterocycles. The second-order valence-corrected chi connectivity index (χ2v) is 4.16. The molecule has 0 aromatic rings. The van der Waals surface area contributed by atoms with Crippen LogP contribution in [0.4, 0.5) is 8.78 Å². The maximum atomic E-state index is 13.2. The average Bonchev–Trinajstić information content (AvgIpc) is 1.97. The van der Waals surface area contributed by atoms with Gasteiger partial charge in [-0.2, -0.15) is 0 Å². The second-order valence-electron chi connectivity index (χ2n) is 4.16. The second kappa shape index (κ2) is 1.74. The molecule has 0 radical (unpaired) electrons. The van der Waals surface area contributed by atoms with Crippen molar-refractivity contribution >= 4 is 0 Å². The number of hydrogen-bond acceptors (Lipinski definition) is 1. The van der Waals surface area contributed by atoms with Crippen LogP contribution in [0.15, 0.2) is 5.11 Å². The van der Waals surface area contributed by atoms with Crippen LogP contribution < -0.4 is 0 Å². The van der Waals surface area contributed by atoms with Crippen LogP contribution in [0.3, 0.4) is 0 Å². The van der Waals surface area contributed by atoms with Gasteiger partial charge in [0.2, 0.25) is 0 Å². The lowest BCUT2D eigenvalue weighted by Crippen LogP contribution is -2.78. The minimum absolute atomic E-state index is 0.0495. The Hall–Kier alpha value is -0.830. The van der Waals surface area contributed by atoms with Gasteiger partial charge in [0.1, 0.15) is 0 Å². The molecular weight excluding hydrogens is 164 g/mol. The van der Waals surface area contributed by atoms with Crippen molar-refractivity contribution in [2.24, 2.45) is 15.9 Å². The summed E-state index contributed by atoms with van der Waals surface area (Å²) in [5.74, 6) is -2.60. The molecular formula is C7H9F2N3. The number of rotatable bonds is 2. The number of halogens is 2. The molecule has 0 N–H and O–H groups in total. The zero-order valence-corrected chi connectivity index (χ0v) is 6.72. The fraction of sp³-hybridized carbons (Fsp3) is 1.00. The van der Waals surface area contributed by atoms with E-state index < -0.39 is 16.8 Å². The zero-order valence-electron chi connectivity index (χ0n) is 6.72. The lowest BCUT2D eigenvalue weighted by atomic mass is 9.33. The first-order valence-electron chi connectivity index (χ1n) is 3.86. The Morgan fingerprint density at radius 3 is 2.42 bits per heavy atom. The summed E-state index contributed by atoms with van der Waals surface area (Å²) in [6, 6.07) is 0. The van der Waals surface area contributed by atoms with Gasteiger partial charge in [-0.1, -0.05) is 12.0 Å². The van der Waals surface area contributed by atoms with Crippen molar-refractivity contribution in [2.75, 3.05) is 6.54 Å². The molecule has 3 aliphatic carbocycles. The van der Waals surface area contributed by atoms with E-state index >= 15 is 0 Å². The lowest BCUT2D eigenvalue weighted by molar-refractivity contribution is -0.400. The van der Waals surface area contributed by atoms with Crippen LogP contribution in [0, 0.1) is 10.8 Å². The number of nitrogens with zero attached hydrogens (tertiary/aromatic N) is 3. The molecule has 12 heavy (non-hydrogen) atoms. The van der Waals surface area contributed by atoms with Gasteiger partial charge in [0.05, 0.1) is 0 Å². The Bertz CT molecular complexity index is 274. The molecule has 3 saturated carbocycles. The van der Waals surface area contributed by atoms with Gasteiger partial charge >= 0.3 is 0 Å². The molecule has 0 atom stereocenters. The normalized spacial score (nSPS) is 46.9. The summed E-state index contributed by atoms with van der Waals surface area (Å²) in [6.45, 7) is 1.54. The van der Waals surface area contributed by atoms with Crippen molar-refractivity contribution in [1.29, 1.82) is 0 Å². The van der Waals surface area contributed by atoms with Gasteiger partial charge in [0, 0.05) is 22.3 Å². The largest absolute Gasteiger partial charge is 0.259 e. The number of hydrogen-bond donors (Lipinski definition) is 0. The molecule has 2 bridgehead atoms. The van der Waals surface area contributed by atoms with Gasteiger partial charge in [-0.3, -0.25) is 0 Å². The highest BCUT2D eigenvalue weighted by Gasteiger charge is 2.85. The first kappa shape index (κ1) is 7.80. The quantitative estimate of drug-likeness (QED) is 0.350. The third kappa shape index (κ3) is 0.524. The fourth-order valence-electron chi connectivity index (χ4n) is 2.69. The molecule has 3 aliphatic rings.